The number of esters is 1. The first-order valence-corrected chi connectivity index (χ1v) is 8.17. The molecule has 2 rings (SSSR count). The van der Waals surface area contributed by atoms with Crippen molar-refractivity contribution < 1.29 is 9.53 Å². The Morgan fingerprint density at radius 2 is 2.00 bits per heavy atom. The highest BCUT2D eigenvalue weighted by molar-refractivity contribution is 7.99. The molecule has 0 aliphatic carbocycles. The van der Waals surface area contributed by atoms with Crippen molar-refractivity contribution in [1.29, 1.82) is 0 Å². The molecule has 2 nitrogen and oxygen atoms in total. The zero-order valence-corrected chi connectivity index (χ0v) is 12.7. The van der Waals surface area contributed by atoms with Crippen LogP contribution in [0.1, 0.15) is 4.88 Å². The zero-order chi connectivity index (χ0) is 14.2. The van der Waals surface area contributed by atoms with Crippen molar-refractivity contribution in [2.45, 2.75) is 11.3 Å². The summed E-state index contributed by atoms with van der Waals surface area (Å²) in [7, 11) is 0. The molecule has 0 fully saturated rings. The summed E-state index contributed by atoms with van der Waals surface area (Å²) in [6.07, 6.45) is 0.572. The van der Waals surface area contributed by atoms with Gasteiger partial charge in [-0.25, -0.2) is 4.79 Å². The van der Waals surface area contributed by atoms with E-state index in [2.05, 4.69) is 6.58 Å². The molecule has 0 unspecified atom stereocenters. The highest BCUT2D eigenvalue weighted by Crippen LogP contribution is 2.17. The van der Waals surface area contributed by atoms with E-state index in [0.29, 0.717) is 18.6 Å². The SMILES string of the molecule is C=C(Cc1cccs1)C(=O)OCCSc1ccccc1. The molecule has 2 aromatic rings. The van der Waals surface area contributed by atoms with E-state index in [9.17, 15) is 4.79 Å². The van der Waals surface area contributed by atoms with Crippen LogP contribution in [0.3, 0.4) is 0 Å². The first kappa shape index (κ1) is 14.9. The maximum Gasteiger partial charge on any atom is 0.333 e. The van der Waals surface area contributed by atoms with Gasteiger partial charge in [-0.05, 0) is 23.6 Å². The summed E-state index contributed by atoms with van der Waals surface area (Å²) < 4.78 is 5.22. The van der Waals surface area contributed by atoms with E-state index in [1.165, 1.54) is 4.90 Å². The molecule has 1 heterocycles. The molecule has 0 saturated heterocycles. The number of rotatable bonds is 7. The van der Waals surface area contributed by atoms with Crippen molar-refractivity contribution in [3.8, 4) is 0 Å². The maximum atomic E-state index is 11.8. The van der Waals surface area contributed by atoms with Gasteiger partial charge >= 0.3 is 5.97 Å². The third kappa shape index (κ3) is 4.87. The van der Waals surface area contributed by atoms with Gasteiger partial charge in [-0.15, -0.1) is 23.1 Å². The monoisotopic (exact) mass is 304 g/mol. The van der Waals surface area contributed by atoms with Crippen LogP contribution < -0.4 is 0 Å². The summed E-state index contributed by atoms with van der Waals surface area (Å²) >= 11 is 3.30. The maximum absolute atomic E-state index is 11.8. The second-order valence-electron chi connectivity index (χ2n) is 4.16. The number of thiophene rings is 1. The van der Waals surface area contributed by atoms with Gasteiger partial charge in [0, 0.05) is 27.5 Å². The quantitative estimate of drug-likeness (QED) is 0.332. The fourth-order valence-electron chi connectivity index (χ4n) is 1.61. The molecule has 0 bridgehead atoms. The van der Waals surface area contributed by atoms with Crippen LogP contribution in [-0.2, 0) is 16.0 Å². The second kappa shape index (κ2) is 7.92. The number of hydrogen-bond donors (Lipinski definition) is 0. The lowest BCUT2D eigenvalue weighted by atomic mass is 10.2. The Kier molecular flexibility index (Phi) is 5.89. The molecule has 0 spiro atoms. The van der Waals surface area contributed by atoms with Gasteiger partial charge < -0.3 is 4.74 Å². The molecule has 1 aromatic carbocycles. The fourth-order valence-corrected chi connectivity index (χ4v) is 3.11. The summed E-state index contributed by atoms with van der Waals surface area (Å²) in [5.41, 5.74) is 0.511. The van der Waals surface area contributed by atoms with Crippen molar-refractivity contribution in [2.24, 2.45) is 0 Å². The van der Waals surface area contributed by atoms with Crippen molar-refractivity contribution >= 4 is 29.1 Å². The highest BCUT2D eigenvalue weighted by atomic mass is 32.2. The Balaban J connectivity index is 1.66. The van der Waals surface area contributed by atoms with Crippen LogP contribution >= 0.6 is 23.1 Å². The van der Waals surface area contributed by atoms with Gasteiger partial charge in [-0.1, -0.05) is 30.8 Å². The molecule has 4 heteroatoms. The second-order valence-corrected chi connectivity index (χ2v) is 6.36. The highest BCUT2D eigenvalue weighted by Gasteiger charge is 2.09. The molecule has 0 N–H and O–H groups in total. The molecule has 1 aromatic heterocycles. The van der Waals surface area contributed by atoms with Gasteiger partial charge in [0.25, 0.3) is 0 Å². The van der Waals surface area contributed by atoms with Crippen LogP contribution in [0.5, 0.6) is 0 Å². The van der Waals surface area contributed by atoms with E-state index in [0.717, 1.165) is 10.6 Å². The molecule has 0 saturated carbocycles. The van der Waals surface area contributed by atoms with Crippen molar-refractivity contribution in [2.75, 3.05) is 12.4 Å². The first-order chi connectivity index (χ1) is 9.75. The van der Waals surface area contributed by atoms with E-state index in [-0.39, 0.29) is 5.97 Å². The minimum Gasteiger partial charge on any atom is -0.461 e. The van der Waals surface area contributed by atoms with E-state index in [4.69, 9.17) is 4.74 Å². The Hall–Kier alpha value is -1.52. The summed E-state index contributed by atoms with van der Waals surface area (Å²) in [6, 6.07) is 14.0. The summed E-state index contributed by atoms with van der Waals surface area (Å²) in [4.78, 5) is 14.1. The largest absolute Gasteiger partial charge is 0.461 e. The molecule has 0 aliphatic heterocycles. The topological polar surface area (TPSA) is 26.3 Å². The van der Waals surface area contributed by atoms with Gasteiger partial charge in [0.15, 0.2) is 0 Å². The number of benzene rings is 1. The lowest BCUT2D eigenvalue weighted by Gasteiger charge is -2.06. The average molecular weight is 304 g/mol. The van der Waals surface area contributed by atoms with E-state index in [1.54, 1.807) is 23.1 Å². The van der Waals surface area contributed by atoms with E-state index in [1.807, 2.05) is 47.8 Å². The molecule has 104 valence electrons. The number of ether oxygens (including phenoxy) is 1. The Morgan fingerprint density at radius 1 is 1.20 bits per heavy atom. The minimum atomic E-state index is -0.299. The molecule has 0 atom stereocenters. The van der Waals surface area contributed by atoms with Gasteiger partial charge in [0.1, 0.15) is 6.61 Å². The lowest BCUT2D eigenvalue weighted by molar-refractivity contribution is -0.138. The van der Waals surface area contributed by atoms with Crippen LogP contribution in [0, 0.1) is 0 Å². The molecule has 20 heavy (non-hydrogen) atoms. The Bertz CT molecular complexity index is 547. The molecule has 0 radical (unpaired) electrons. The fraction of sp³-hybridized carbons (Fsp3) is 0.188. The average Bonchev–Trinajstić information content (AvgIpc) is 2.97. The third-order valence-corrected chi connectivity index (χ3v) is 4.44. The summed E-state index contributed by atoms with van der Waals surface area (Å²) in [5.74, 6) is 0.453. The standard InChI is InChI=1S/C16H16O2S2/c1-13(12-15-8-5-10-19-15)16(17)18-9-11-20-14-6-3-2-4-7-14/h2-8,10H,1,9,11-12H2. The predicted octanol–water partition coefficient (Wildman–Crippen LogP) is 4.18. The Morgan fingerprint density at radius 3 is 2.70 bits per heavy atom. The first-order valence-electron chi connectivity index (χ1n) is 6.31. The van der Waals surface area contributed by atoms with Crippen LogP contribution in [0.2, 0.25) is 0 Å². The third-order valence-electron chi connectivity index (χ3n) is 2.58. The van der Waals surface area contributed by atoms with Gasteiger partial charge in [-0.3, -0.25) is 0 Å². The number of hydrogen-bond acceptors (Lipinski definition) is 4. The smallest absolute Gasteiger partial charge is 0.333 e. The van der Waals surface area contributed by atoms with Crippen LogP contribution in [0.15, 0.2) is 64.9 Å². The molecular formula is C16H16O2S2. The van der Waals surface area contributed by atoms with Crippen molar-refractivity contribution in [3.05, 3.63) is 64.9 Å². The van der Waals surface area contributed by atoms with E-state index >= 15 is 0 Å². The predicted molar refractivity (Wildman–Crippen MR) is 85.3 cm³/mol. The summed E-state index contributed by atoms with van der Waals surface area (Å²) in [5, 5.41) is 1.99. The number of thioether (sulfide) groups is 1. The zero-order valence-electron chi connectivity index (χ0n) is 11.1. The van der Waals surface area contributed by atoms with Crippen molar-refractivity contribution in [1.82, 2.24) is 0 Å². The molecular weight excluding hydrogens is 288 g/mol. The van der Waals surface area contributed by atoms with E-state index < -0.39 is 0 Å². The molecule has 0 aliphatic rings. The van der Waals surface area contributed by atoms with Crippen molar-refractivity contribution in [3.63, 3.8) is 0 Å². The summed E-state index contributed by atoms with van der Waals surface area (Å²) in [6.45, 7) is 4.20. The van der Waals surface area contributed by atoms with Gasteiger partial charge in [0.05, 0.1) is 0 Å². The minimum absolute atomic E-state index is 0.299. The van der Waals surface area contributed by atoms with Crippen LogP contribution in [-0.4, -0.2) is 18.3 Å². The van der Waals surface area contributed by atoms with Crippen LogP contribution in [0.25, 0.3) is 0 Å². The lowest BCUT2D eigenvalue weighted by Crippen LogP contribution is -2.10. The van der Waals surface area contributed by atoms with Gasteiger partial charge in [-0.2, -0.15) is 0 Å². The Labute approximate surface area is 127 Å². The normalized spacial score (nSPS) is 10.2. The van der Waals surface area contributed by atoms with Crippen LogP contribution in [0.4, 0.5) is 0 Å². The van der Waals surface area contributed by atoms with Gasteiger partial charge in [0.2, 0.25) is 0 Å². The number of carbonyl (C=O) groups excluding carboxylic acids is 1. The number of carbonyl (C=O) groups is 1. The molecule has 0 amide bonds.